The summed E-state index contributed by atoms with van der Waals surface area (Å²) in [5.74, 6) is -0.583. The molecular weight excluding hydrogens is 460 g/mol. The molecule has 1 amide bonds. The van der Waals surface area contributed by atoms with Crippen molar-refractivity contribution in [3.8, 4) is 6.07 Å². The highest BCUT2D eigenvalue weighted by molar-refractivity contribution is 5.95. The standard InChI is InChI=1S/C27H28F4N2O2/c1-25(35,27(29,30)31)19-8-6-18(7-9-19)24(34)33(20-10-11-20)21-12-14-26(15-13-21,16-17-32)22-4-2-3-5-23(22)28/h2-9,20-21,35H,10-16H2,1H3/t21?,25-,26?/m0/s1. The first-order valence-electron chi connectivity index (χ1n) is 11.8. The van der Waals surface area contributed by atoms with Gasteiger partial charge < -0.3 is 10.0 Å². The summed E-state index contributed by atoms with van der Waals surface area (Å²) in [6.45, 7) is 0.686. The number of nitriles is 1. The minimum absolute atomic E-state index is 0.0717. The average Bonchev–Trinajstić information content (AvgIpc) is 3.65. The fraction of sp³-hybridized carbons (Fsp3) is 0.481. The normalized spacial score (nSPS) is 24.3. The van der Waals surface area contributed by atoms with E-state index in [4.69, 9.17) is 0 Å². The van der Waals surface area contributed by atoms with Gasteiger partial charge in [-0.25, -0.2) is 4.39 Å². The molecule has 1 N–H and O–H groups in total. The predicted molar refractivity (Wildman–Crippen MR) is 122 cm³/mol. The molecule has 4 rings (SSSR count). The molecule has 2 aromatic rings. The number of amides is 1. The molecule has 0 aromatic heterocycles. The number of rotatable bonds is 6. The van der Waals surface area contributed by atoms with Gasteiger partial charge in [0, 0.05) is 29.5 Å². The fourth-order valence-corrected chi connectivity index (χ4v) is 5.25. The van der Waals surface area contributed by atoms with Gasteiger partial charge in [-0.1, -0.05) is 30.3 Å². The van der Waals surface area contributed by atoms with Crippen LogP contribution in [0.5, 0.6) is 0 Å². The van der Waals surface area contributed by atoms with E-state index in [0.29, 0.717) is 38.2 Å². The minimum Gasteiger partial charge on any atom is -0.376 e. The van der Waals surface area contributed by atoms with E-state index in [1.807, 2.05) is 4.90 Å². The van der Waals surface area contributed by atoms with Gasteiger partial charge in [0.2, 0.25) is 0 Å². The highest BCUT2D eigenvalue weighted by Gasteiger charge is 2.51. The van der Waals surface area contributed by atoms with Gasteiger partial charge in [0.05, 0.1) is 6.07 Å². The second kappa shape index (κ2) is 9.27. The summed E-state index contributed by atoms with van der Waals surface area (Å²) in [6.07, 6.45) is -0.572. The third kappa shape index (κ3) is 4.79. The monoisotopic (exact) mass is 488 g/mol. The Kier molecular flexibility index (Phi) is 6.67. The van der Waals surface area contributed by atoms with Crippen LogP contribution in [0, 0.1) is 17.1 Å². The fourth-order valence-electron chi connectivity index (χ4n) is 5.25. The van der Waals surface area contributed by atoms with Crippen LogP contribution >= 0.6 is 0 Å². The first-order chi connectivity index (χ1) is 16.5. The van der Waals surface area contributed by atoms with Gasteiger partial charge in [-0.2, -0.15) is 18.4 Å². The number of hydrogen-bond donors (Lipinski definition) is 1. The molecule has 0 spiro atoms. The van der Waals surface area contributed by atoms with Gasteiger partial charge in [-0.05, 0) is 74.8 Å². The Morgan fingerprint density at radius 2 is 1.63 bits per heavy atom. The highest BCUT2D eigenvalue weighted by atomic mass is 19.4. The zero-order valence-electron chi connectivity index (χ0n) is 19.5. The average molecular weight is 489 g/mol. The van der Waals surface area contributed by atoms with Crippen molar-refractivity contribution in [2.45, 2.75) is 81.1 Å². The molecule has 2 aromatic carbocycles. The maximum Gasteiger partial charge on any atom is 0.421 e. The van der Waals surface area contributed by atoms with Crippen LogP contribution in [-0.4, -0.2) is 34.2 Å². The van der Waals surface area contributed by atoms with E-state index in [-0.39, 0.29) is 41.4 Å². The first kappa shape index (κ1) is 25.2. The van der Waals surface area contributed by atoms with Gasteiger partial charge in [0.1, 0.15) is 5.82 Å². The highest BCUT2D eigenvalue weighted by Crippen LogP contribution is 2.46. The Morgan fingerprint density at radius 1 is 1.06 bits per heavy atom. The van der Waals surface area contributed by atoms with Crippen LogP contribution in [0.1, 0.15) is 73.4 Å². The number of carbonyl (C=O) groups excluding carboxylic acids is 1. The molecular formula is C27H28F4N2O2. The predicted octanol–water partition coefficient (Wildman–Crippen LogP) is 5.99. The molecule has 186 valence electrons. The zero-order valence-corrected chi connectivity index (χ0v) is 19.5. The van der Waals surface area contributed by atoms with E-state index in [1.165, 1.54) is 18.2 Å². The summed E-state index contributed by atoms with van der Waals surface area (Å²) in [7, 11) is 0. The van der Waals surface area contributed by atoms with E-state index < -0.39 is 17.2 Å². The topological polar surface area (TPSA) is 64.3 Å². The molecule has 2 aliphatic rings. The second-order valence-corrected chi connectivity index (χ2v) is 9.92. The number of benzene rings is 2. The van der Waals surface area contributed by atoms with Crippen molar-refractivity contribution < 1.29 is 27.5 Å². The van der Waals surface area contributed by atoms with Gasteiger partial charge in [-0.15, -0.1) is 0 Å². The first-order valence-corrected chi connectivity index (χ1v) is 11.8. The molecule has 0 heterocycles. The number of hydrogen-bond acceptors (Lipinski definition) is 3. The van der Waals surface area contributed by atoms with Crippen molar-refractivity contribution >= 4 is 5.91 Å². The second-order valence-electron chi connectivity index (χ2n) is 9.92. The van der Waals surface area contributed by atoms with Crippen molar-refractivity contribution in [1.82, 2.24) is 4.90 Å². The maximum absolute atomic E-state index is 14.6. The summed E-state index contributed by atoms with van der Waals surface area (Å²) in [5, 5.41) is 19.4. The van der Waals surface area contributed by atoms with Gasteiger partial charge in [0.25, 0.3) is 5.91 Å². The largest absolute Gasteiger partial charge is 0.421 e. The molecule has 2 saturated carbocycles. The van der Waals surface area contributed by atoms with Crippen LogP contribution in [0.25, 0.3) is 0 Å². The molecule has 2 fully saturated rings. The quantitative estimate of drug-likeness (QED) is 0.508. The Hall–Kier alpha value is -2.92. The number of carbonyl (C=O) groups is 1. The van der Waals surface area contributed by atoms with Crippen LogP contribution in [0.3, 0.4) is 0 Å². The van der Waals surface area contributed by atoms with Crippen LogP contribution in [-0.2, 0) is 11.0 Å². The molecule has 0 aliphatic heterocycles. The van der Waals surface area contributed by atoms with E-state index in [2.05, 4.69) is 6.07 Å². The smallest absolute Gasteiger partial charge is 0.376 e. The molecule has 0 saturated heterocycles. The zero-order chi connectivity index (χ0) is 25.4. The van der Waals surface area contributed by atoms with E-state index in [0.717, 1.165) is 25.0 Å². The number of halogens is 4. The van der Waals surface area contributed by atoms with Crippen LogP contribution in [0.2, 0.25) is 0 Å². The summed E-state index contributed by atoms with van der Waals surface area (Å²) in [5.41, 5.74) is -3.13. The minimum atomic E-state index is -4.84. The molecule has 8 heteroatoms. The molecule has 35 heavy (non-hydrogen) atoms. The van der Waals surface area contributed by atoms with E-state index in [9.17, 15) is 32.7 Å². The number of alkyl halides is 3. The van der Waals surface area contributed by atoms with E-state index in [1.54, 1.807) is 18.2 Å². The summed E-state index contributed by atoms with van der Waals surface area (Å²) >= 11 is 0. The van der Waals surface area contributed by atoms with Crippen molar-refractivity contribution in [2.24, 2.45) is 0 Å². The number of aliphatic hydroxyl groups is 1. The van der Waals surface area contributed by atoms with Gasteiger partial charge >= 0.3 is 6.18 Å². The lowest BCUT2D eigenvalue weighted by molar-refractivity contribution is -0.258. The summed E-state index contributed by atoms with van der Waals surface area (Å²) in [4.78, 5) is 15.3. The van der Waals surface area contributed by atoms with Crippen LogP contribution in [0.15, 0.2) is 48.5 Å². The Balaban J connectivity index is 1.53. The van der Waals surface area contributed by atoms with Crippen molar-refractivity contribution in [1.29, 1.82) is 5.26 Å². The van der Waals surface area contributed by atoms with Gasteiger partial charge in [0.15, 0.2) is 5.60 Å². The Bertz CT molecular complexity index is 1110. The Labute approximate surface area is 202 Å². The molecule has 0 bridgehead atoms. The maximum atomic E-state index is 14.6. The number of nitrogens with zero attached hydrogens (tertiary/aromatic N) is 2. The SMILES string of the molecule is C[C@](O)(c1ccc(C(=O)N(C2CC2)C2CCC(CC#N)(c3ccccc3F)CC2)cc1)C(F)(F)F. The third-order valence-electron chi connectivity index (χ3n) is 7.59. The lowest BCUT2D eigenvalue weighted by atomic mass is 9.66. The van der Waals surface area contributed by atoms with Gasteiger partial charge in [-0.3, -0.25) is 4.79 Å². The molecule has 2 aliphatic carbocycles. The summed E-state index contributed by atoms with van der Waals surface area (Å²) in [6, 6.07) is 13.7. The van der Waals surface area contributed by atoms with Crippen molar-refractivity contribution in [3.05, 3.63) is 71.0 Å². The van der Waals surface area contributed by atoms with Crippen LogP contribution < -0.4 is 0 Å². The molecule has 0 unspecified atom stereocenters. The molecule has 0 radical (unpaired) electrons. The molecule has 4 nitrogen and oxygen atoms in total. The van der Waals surface area contributed by atoms with Crippen molar-refractivity contribution in [3.63, 3.8) is 0 Å². The van der Waals surface area contributed by atoms with Crippen molar-refractivity contribution in [2.75, 3.05) is 0 Å². The lowest BCUT2D eigenvalue weighted by Gasteiger charge is -2.43. The van der Waals surface area contributed by atoms with Crippen LogP contribution in [0.4, 0.5) is 17.6 Å². The van der Waals surface area contributed by atoms with E-state index >= 15 is 0 Å². The lowest BCUT2D eigenvalue weighted by Crippen LogP contribution is -2.46. The third-order valence-corrected chi connectivity index (χ3v) is 7.59. The summed E-state index contributed by atoms with van der Waals surface area (Å²) < 4.78 is 54.1. The Morgan fingerprint density at radius 3 is 2.14 bits per heavy atom. The molecule has 1 atom stereocenters.